The first-order chi connectivity index (χ1) is 6.11. The zero-order valence-electron chi connectivity index (χ0n) is 7.03. The summed E-state index contributed by atoms with van der Waals surface area (Å²) in [5, 5.41) is -0.524. The monoisotopic (exact) mass is 224 g/mol. The van der Waals surface area contributed by atoms with Crippen molar-refractivity contribution in [3.63, 3.8) is 0 Å². The van der Waals surface area contributed by atoms with Gasteiger partial charge in [-0.15, -0.1) is 11.8 Å². The molecule has 0 saturated heterocycles. The maximum absolute atomic E-state index is 13.1. The fourth-order valence-corrected chi connectivity index (χ4v) is 1.61. The first-order valence-corrected chi connectivity index (χ1v) is 4.97. The Kier molecular flexibility index (Phi) is 3.39. The van der Waals surface area contributed by atoms with Gasteiger partial charge in [-0.3, -0.25) is 0 Å². The van der Waals surface area contributed by atoms with Crippen molar-refractivity contribution in [2.45, 2.75) is 4.90 Å². The number of ether oxygens (including phenoxy) is 1. The summed E-state index contributed by atoms with van der Waals surface area (Å²) in [5.41, 5.74) is 0. The van der Waals surface area contributed by atoms with Gasteiger partial charge in [0.2, 0.25) is 0 Å². The van der Waals surface area contributed by atoms with Crippen LogP contribution in [0.1, 0.15) is 0 Å². The lowest BCUT2D eigenvalue weighted by molar-refractivity contribution is 0.381. The maximum Gasteiger partial charge on any atom is 0.186 e. The molecule has 0 N–H and O–H groups in total. The summed E-state index contributed by atoms with van der Waals surface area (Å²) in [7, 11) is 1.30. The highest BCUT2D eigenvalue weighted by Crippen LogP contribution is 2.33. The third kappa shape index (κ3) is 1.89. The molecule has 0 aliphatic rings. The lowest BCUT2D eigenvalue weighted by atomic mass is 10.3. The van der Waals surface area contributed by atoms with E-state index in [0.29, 0.717) is 0 Å². The predicted molar refractivity (Wildman–Crippen MR) is 49.7 cm³/mol. The Morgan fingerprint density at radius 3 is 2.46 bits per heavy atom. The number of hydrogen-bond acceptors (Lipinski definition) is 2. The van der Waals surface area contributed by atoms with E-state index >= 15 is 0 Å². The molecular formula is C8H7ClF2OS. The smallest absolute Gasteiger partial charge is 0.186 e. The van der Waals surface area contributed by atoms with E-state index in [-0.39, 0.29) is 10.6 Å². The molecule has 0 amide bonds. The first kappa shape index (κ1) is 10.6. The Hall–Kier alpha value is -0.480. The van der Waals surface area contributed by atoms with Crippen molar-refractivity contribution in [2.24, 2.45) is 0 Å². The van der Waals surface area contributed by atoms with Crippen LogP contribution in [0.5, 0.6) is 5.75 Å². The summed E-state index contributed by atoms with van der Waals surface area (Å²) < 4.78 is 30.9. The average molecular weight is 225 g/mol. The number of rotatable bonds is 2. The van der Waals surface area contributed by atoms with E-state index in [1.165, 1.54) is 13.2 Å². The van der Waals surface area contributed by atoms with Crippen LogP contribution in [0.4, 0.5) is 8.78 Å². The van der Waals surface area contributed by atoms with E-state index in [1.807, 2.05) is 0 Å². The summed E-state index contributed by atoms with van der Waals surface area (Å²) in [4.78, 5) is 0.267. The van der Waals surface area contributed by atoms with Gasteiger partial charge in [-0.25, -0.2) is 8.78 Å². The van der Waals surface area contributed by atoms with Crippen LogP contribution in [0.2, 0.25) is 5.02 Å². The molecule has 0 fully saturated rings. The largest absolute Gasteiger partial charge is 0.494 e. The van der Waals surface area contributed by atoms with Crippen molar-refractivity contribution in [3.05, 3.63) is 22.7 Å². The summed E-state index contributed by atoms with van der Waals surface area (Å²) in [6.07, 6.45) is 1.67. The van der Waals surface area contributed by atoms with Crippen LogP contribution >= 0.6 is 23.4 Å². The van der Waals surface area contributed by atoms with Crippen LogP contribution in [-0.2, 0) is 0 Å². The molecule has 13 heavy (non-hydrogen) atoms. The van der Waals surface area contributed by atoms with Gasteiger partial charge in [0.1, 0.15) is 5.02 Å². The summed E-state index contributed by atoms with van der Waals surface area (Å²) in [6, 6.07) is 1.28. The van der Waals surface area contributed by atoms with Crippen molar-refractivity contribution in [3.8, 4) is 5.75 Å². The fraction of sp³-hybridized carbons (Fsp3) is 0.250. The molecule has 0 aliphatic heterocycles. The molecule has 1 nitrogen and oxygen atoms in total. The number of thioether (sulfide) groups is 1. The fourth-order valence-electron chi connectivity index (χ4n) is 0.856. The second-order valence-electron chi connectivity index (χ2n) is 2.22. The van der Waals surface area contributed by atoms with E-state index < -0.39 is 16.7 Å². The van der Waals surface area contributed by atoms with Crippen LogP contribution in [0, 0.1) is 11.6 Å². The van der Waals surface area contributed by atoms with Gasteiger partial charge in [0, 0.05) is 4.90 Å². The SMILES string of the molecule is COc1cc(SC)c(F)c(Cl)c1F. The van der Waals surface area contributed by atoms with Gasteiger partial charge in [-0.1, -0.05) is 11.6 Å². The van der Waals surface area contributed by atoms with Crippen molar-refractivity contribution >= 4 is 23.4 Å². The molecule has 0 aliphatic carbocycles. The van der Waals surface area contributed by atoms with Crippen molar-refractivity contribution in [2.75, 3.05) is 13.4 Å². The van der Waals surface area contributed by atoms with Gasteiger partial charge in [-0.05, 0) is 12.3 Å². The molecule has 0 atom stereocenters. The number of benzene rings is 1. The minimum Gasteiger partial charge on any atom is -0.494 e. The van der Waals surface area contributed by atoms with Crippen LogP contribution in [0.25, 0.3) is 0 Å². The van der Waals surface area contributed by atoms with Crippen LogP contribution in [-0.4, -0.2) is 13.4 Å². The minimum atomic E-state index is -0.862. The standard InChI is InChI=1S/C8H7ClF2OS/c1-12-4-3-5(13-2)8(11)6(9)7(4)10/h3H,1-2H3. The molecule has 1 aromatic carbocycles. The first-order valence-electron chi connectivity index (χ1n) is 3.37. The molecule has 0 unspecified atom stereocenters. The predicted octanol–water partition coefficient (Wildman–Crippen LogP) is 3.35. The van der Waals surface area contributed by atoms with Gasteiger partial charge in [-0.2, -0.15) is 0 Å². The third-order valence-corrected chi connectivity index (χ3v) is 2.59. The molecule has 0 bridgehead atoms. The molecule has 1 aromatic rings. The Labute approximate surface area is 84.0 Å². The molecule has 72 valence electrons. The molecule has 0 spiro atoms. The van der Waals surface area contributed by atoms with E-state index in [4.69, 9.17) is 11.6 Å². The normalized spacial score (nSPS) is 10.2. The second-order valence-corrected chi connectivity index (χ2v) is 3.45. The van der Waals surface area contributed by atoms with E-state index in [1.54, 1.807) is 6.26 Å². The average Bonchev–Trinajstić information content (AvgIpc) is 2.15. The Morgan fingerprint density at radius 2 is 2.00 bits per heavy atom. The quantitative estimate of drug-likeness (QED) is 0.563. The lowest BCUT2D eigenvalue weighted by Gasteiger charge is -2.07. The van der Waals surface area contributed by atoms with Gasteiger partial charge >= 0.3 is 0 Å². The molecule has 0 heterocycles. The summed E-state index contributed by atoms with van der Waals surface area (Å²) in [5.74, 6) is -1.65. The number of hydrogen-bond donors (Lipinski definition) is 0. The molecule has 0 saturated carbocycles. The zero-order valence-corrected chi connectivity index (χ0v) is 8.60. The van der Waals surface area contributed by atoms with Crippen molar-refractivity contribution in [1.29, 1.82) is 0 Å². The Morgan fingerprint density at radius 1 is 1.38 bits per heavy atom. The highest BCUT2D eigenvalue weighted by atomic mass is 35.5. The molecule has 5 heteroatoms. The lowest BCUT2D eigenvalue weighted by Crippen LogP contribution is -1.93. The van der Waals surface area contributed by atoms with Crippen LogP contribution in [0.15, 0.2) is 11.0 Å². The second kappa shape index (κ2) is 4.15. The highest BCUT2D eigenvalue weighted by molar-refractivity contribution is 7.98. The van der Waals surface area contributed by atoms with E-state index in [9.17, 15) is 8.78 Å². The van der Waals surface area contributed by atoms with Gasteiger partial charge < -0.3 is 4.74 Å². The van der Waals surface area contributed by atoms with Gasteiger partial charge in [0.05, 0.1) is 7.11 Å². The zero-order chi connectivity index (χ0) is 10.0. The Balaban J connectivity index is 3.36. The van der Waals surface area contributed by atoms with Crippen molar-refractivity contribution in [1.82, 2.24) is 0 Å². The van der Waals surface area contributed by atoms with Crippen molar-refractivity contribution < 1.29 is 13.5 Å². The maximum atomic E-state index is 13.1. The van der Waals surface area contributed by atoms with Crippen LogP contribution in [0.3, 0.4) is 0 Å². The van der Waals surface area contributed by atoms with E-state index in [2.05, 4.69) is 4.74 Å². The van der Waals surface area contributed by atoms with Gasteiger partial charge in [0.25, 0.3) is 0 Å². The molecular weight excluding hydrogens is 218 g/mol. The molecule has 0 aromatic heterocycles. The molecule has 1 rings (SSSR count). The topological polar surface area (TPSA) is 9.23 Å². The minimum absolute atomic E-state index is 0.0456. The van der Waals surface area contributed by atoms with Gasteiger partial charge in [0.15, 0.2) is 17.4 Å². The van der Waals surface area contributed by atoms with E-state index in [0.717, 1.165) is 11.8 Å². The number of methoxy groups -OCH3 is 1. The molecule has 0 radical (unpaired) electrons. The number of halogens is 3. The van der Waals surface area contributed by atoms with Crippen LogP contribution < -0.4 is 4.74 Å². The Bertz CT molecular complexity index is 302. The summed E-state index contributed by atoms with van der Waals surface area (Å²) in [6.45, 7) is 0. The highest BCUT2D eigenvalue weighted by Gasteiger charge is 2.16. The third-order valence-electron chi connectivity index (χ3n) is 1.52. The summed E-state index contributed by atoms with van der Waals surface area (Å²) >= 11 is 6.54.